The van der Waals surface area contributed by atoms with Crippen molar-refractivity contribution in [2.45, 2.75) is 13.3 Å². The second-order valence-corrected chi connectivity index (χ2v) is 3.12. The van der Waals surface area contributed by atoms with E-state index in [4.69, 9.17) is 0 Å². The molecule has 0 radical (unpaired) electrons. The highest BCUT2D eigenvalue weighted by Crippen LogP contribution is 2.17. The number of rotatable bonds is 3. The summed E-state index contributed by atoms with van der Waals surface area (Å²) in [4.78, 5) is 34.5. The maximum absolute atomic E-state index is 11.3. The summed E-state index contributed by atoms with van der Waals surface area (Å²) >= 11 is 0. The van der Waals surface area contributed by atoms with Crippen molar-refractivity contribution in [1.82, 2.24) is 10.3 Å². The standard InChI is InChI=1S/C8H11N3O3/c1-5-3-7(13)11(8(5)14)4-6(12)10-9-2/h5H,2-4H2,1H3,(H,10,12). The molecule has 0 saturated carbocycles. The van der Waals surface area contributed by atoms with Crippen molar-refractivity contribution < 1.29 is 14.4 Å². The van der Waals surface area contributed by atoms with Crippen LogP contribution < -0.4 is 5.43 Å². The van der Waals surface area contributed by atoms with E-state index < -0.39 is 5.91 Å². The molecule has 1 saturated heterocycles. The molecule has 1 heterocycles. The summed E-state index contributed by atoms with van der Waals surface area (Å²) in [7, 11) is 0. The van der Waals surface area contributed by atoms with E-state index in [0.29, 0.717) is 0 Å². The highest BCUT2D eigenvalue weighted by molar-refractivity contribution is 6.05. The summed E-state index contributed by atoms with van der Waals surface area (Å²) in [5, 5.41) is 3.15. The van der Waals surface area contributed by atoms with Crippen LogP contribution in [0.5, 0.6) is 0 Å². The van der Waals surface area contributed by atoms with Crippen molar-refractivity contribution in [3.05, 3.63) is 0 Å². The number of carbonyl (C=O) groups excluding carboxylic acids is 3. The highest BCUT2D eigenvalue weighted by atomic mass is 16.2. The van der Waals surface area contributed by atoms with Crippen LogP contribution in [-0.2, 0) is 14.4 Å². The molecule has 1 aliphatic rings. The lowest BCUT2D eigenvalue weighted by Gasteiger charge is -2.12. The van der Waals surface area contributed by atoms with E-state index in [9.17, 15) is 14.4 Å². The quantitative estimate of drug-likeness (QED) is 0.362. The van der Waals surface area contributed by atoms with E-state index in [0.717, 1.165) is 4.90 Å². The molecule has 1 unspecified atom stereocenters. The molecule has 1 aliphatic heterocycles. The van der Waals surface area contributed by atoms with Crippen LogP contribution in [-0.4, -0.2) is 35.9 Å². The van der Waals surface area contributed by atoms with E-state index in [1.54, 1.807) is 6.92 Å². The molecule has 76 valence electrons. The van der Waals surface area contributed by atoms with Crippen LogP contribution in [0.25, 0.3) is 0 Å². The molecular weight excluding hydrogens is 186 g/mol. The first-order valence-corrected chi connectivity index (χ1v) is 4.15. The van der Waals surface area contributed by atoms with Crippen LogP contribution in [0, 0.1) is 5.92 Å². The third-order valence-electron chi connectivity index (χ3n) is 1.97. The Bertz CT molecular complexity index is 300. The summed E-state index contributed by atoms with van der Waals surface area (Å²) in [6.45, 7) is 4.44. The van der Waals surface area contributed by atoms with Gasteiger partial charge in [0.15, 0.2) is 0 Å². The molecule has 0 aromatic heterocycles. The van der Waals surface area contributed by atoms with E-state index in [1.807, 2.05) is 0 Å². The number of hydrogen-bond donors (Lipinski definition) is 1. The van der Waals surface area contributed by atoms with Crippen molar-refractivity contribution in [1.29, 1.82) is 0 Å². The van der Waals surface area contributed by atoms with Gasteiger partial charge in [0.25, 0.3) is 5.91 Å². The Labute approximate surface area is 80.9 Å². The molecule has 1 N–H and O–H groups in total. The summed E-state index contributed by atoms with van der Waals surface area (Å²) in [6, 6.07) is 0. The molecule has 1 fully saturated rings. The summed E-state index contributed by atoms with van der Waals surface area (Å²) in [5.41, 5.74) is 2.06. The van der Waals surface area contributed by atoms with Crippen LogP contribution in [0.15, 0.2) is 5.10 Å². The molecule has 6 nitrogen and oxygen atoms in total. The van der Waals surface area contributed by atoms with Gasteiger partial charge in [-0.25, -0.2) is 5.43 Å². The van der Waals surface area contributed by atoms with Gasteiger partial charge in [-0.2, -0.15) is 5.10 Å². The normalized spacial score (nSPS) is 21.2. The predicted molar refractivity (Wildman–Crippen MR) is 48.2 cm³/mol. The Morgan fingerprint density at radius 2 is 2.36 bits per heavy atom. The minimum Gasteiger partial charge on any atom is -0.274 e. The first-order chi connectivity index (χ1) is 6.56. The fourth-order valence-electron chi connectivity index (χ4n) is 1.28. The monoisotopic (exact) mass is 197 g/mol. The van der Waals surface area contributed by atoms with Crippen molar-refractivity contribution in [2.24, 2.45) is 11.0 Å². The fraction of sp³-hybridized carbons (Fsp3) is 0.500. The van der Waals surface area contributed by atoms with Crippen molar-refractivity contribution >= 4 is 24.4 Å². The third-order valence-corrected chi connectivity index (χ3v) is 1.97. The number of hydrogen-bond acceptors (Lipinski definition) is 4. The van der Waals surface area contributed by atoms with Gasteiger partial charge in [-0.05, 0) is 0 Å². The molecule has 6 heteroatoms. The van der Waals surface area contributed by atoms with Gasteiger partial charge in [0.1, 0.15) is 6.54 Å². The molecule has 0 bridgehead atoms. The Balaban J connectivity index is 2.60. The Kier molecular flexibility index (Phi) is 2.95. The SMILES string of the molecule is C=NNC(=O)CN1C(=O)CC(C)C1=O. The van der Waals surface area contributed by atoms with Crippen LogP contribution in [0.2, 0.25) is 0 Å². The second kappa shape index (κ2) is 3.99. The highest BCUT2D eigenvalue weighted by Gasteiger charge is 2.36. The van der Waals surface area contributed by atoms with Gasteiger partial charge in [-0.3, -0.25) is 19.3 Å². The lowest BCUT2D eigenvalue weighted by atomic mass is 10.1. The molecule has 0 aromatic carbocycles. The van der Waals surface area contributed by atoms with Crippen molar-refractivity contribution in [3.63, 3.8) is 0 Å². The van der Waals surface area contributed by atoms with Crippen LogP contribution in [0.3, 0.4) is 0 Å². The number of nitrogens with zero attached hydrogens (tertiary/aromatic N) is 2. The second-order valence-electron chi connectivity index (χ2n) is 3.12. The van der Waals surface area contributed by atoms with Gasteiger partial charge in [-0.1, -0.05) is 6.92 Å². The molecule has 14 heavy (non-hydrogen) atoms. The average molecular weight is 197 g/mol. The van der Waals surface area contributed by atoms with Crippen LogP contribution >= 0.6 is 0 Å². The molecule has 0 aliphatic carbocycles. The molecule has 0 spiro atoms. The molecule has 0 aromatic rings. The zero-order chi connectivity index (χ0) is 10.7. The maximum Gasteiger partial charge on any atom is 0.260 e. The van der Waals surface area contributed by atoms with Gasteiger partial charge < -0.3 is 0 Å². The van der Waals surface area contributed by atoms with Gasteiger partial charge in [0.05, 0.1) is 0 Å². The smallest absolute Gasteiger partial charge is 0.260 e. The van der Waals surface area contributed by atoms with Crippen LogP contribution in [0.4, 0.5) is 0 Å². The van der Waals surface area contributed by atoms with E-state index in [2.05, 4.69) is 17.2 Å². The van der Waals surface area contributed by atoms with Gasteiger partial charge >= 0.3 is 0 Å². The lowest BCUT2D eigenvalue weighted by Crippen LogP contribution is -2.39. The zero-order valence-corrected chi connectivity index (χ0v) is 7.82. The summed E-state index contributed by atoms with van der Waals surface area (Å²) < 4.78 is 0. The molecule has 1 atom stereocenters. The number of likely N-dealkylation sites (tertiary alicyclic amines) is 1. The van der Waals surface area contributed by atoms with Crippen molar-refractivity contribution in [2.75, 3.05) is 6.54 Å². The Morgan fingerprint density at radius 1 is 1.71 bits per heavy atom. The first-order valence-electron chi connectivity index (χ1n) is 4.15. The Morgan fingerprint density at radius 3 is 2.79 bits per heavy atom. The fourth-order valence-corrected chi connectivity index (χ4v) is 1.28. The van der Waals surface area contributed by atoms with Gasteiger partial charge in [-0.15, -0.1) is 0 Å². The summed E-state index contributed by atoms with van der Waals surface area (Å²) in [5.74, 6) is -1.47. The van der Waals surface area contributed by atoms with Crippen LogP contribution in [0.1, 0.15) is 13.3 Å². The van der Waals surface area contributed by atoms with E-state index >= 15 is 0 Å². The first kappa shape index (κ1) is 10.4. The Hall–Kier alpha value is -1.72. The average Bonchev–Trinajstić information content (AvgIpc) is 2.33. The number of hydrazone groups is 1. The number of imide groups is 1. The number of carbonyl (C=O) groups is 3. The molecular formula is C8H11N3O3. The van der Waals surface area contributed by atoms with Crippen molar-refractivity contribution in [3.8, 4) is 0 Å². The largest absolute Gasteiger partial charge is 0.274 e. The number of amides is 3. The zero-order valence-electron chi connectivity index (χ0n) is 7.82. The topological polar surface area (TPSA) is 78.8 Å². The molecule has 1 rings (SSSR count). The van der Waals surface area contributed by atoms with Gasteiger partial charge in [0.2, 0.25) is 11.8 Å². The number of nitrogens with one attached hydrogen (secondary N) is 1. The predicted octanol–water partition coefficient (Wildman–Crippen LogP) is -0.887. The lowest BCUT2D eigenvalue weighted by molar-refractivity contribution is -0.143. The minimum absolute atomic E-state index is 0.174. The van der Waals surface area contributed by atoms with E-state index in [-0.39, 0.29) is 30.7 Å². The molecule has 3 amide bonds. The van der Waals surface area contributed by atoms with Gasteiger partial charge in [0, 0.05) is 19.1 Å². The maximum atomic E-state index is 11.3. The third kappa shape index (κ3) is 1.95. The van der Waals surface area contributed by atoms with E-state index in [1.165, 1.54) is 0 Å². The minimum atomic E-state index is -0.518. The summed E-state index contributed by atoms with van der Waals surface area (Å²) in [6.07, 6.45) is 0.174.